The van der Waals surface area contributed by atoms with Gasteiger partial charge in [0.05, 0.1) is 12.7 Å². The number of ether oxygens (including phenoxy) is 2. The van der Waals surface area contributed by atoms with E-state index in [4.69, 9.17) is 9.47 Å². The summed E-state index contributed by atoms with van der Waals surface area (Å²) >= 11 is 0. The van der Waals surface area contributed by atoms with Crippen LogP contribution < -0.4 is 4.74 Å². The first-order chi connectivity index (χ1) is 14.5. The summed E-state index contributed by atoms with van der Waals surface area (Å²) in [6.07, 6.45) is -0.217. The molecule has 0 saturated carbocycles. The van der Waals surface area contributed by atoms with Gasteiger partial charge in [0.15, 0.2) is 6.61 Å². The Morgan fingerprint density at radius 1 is 1.10 bits per heavy atom. The number of carbonyl (C=O) groups excluding carboxylic acids is 2. The third-order valence-electron chi connectivity index (χ3n) is 4.91. The van der Waals surface area contributed by atoms with Crippen LogP contribution >= 0.6 is 0 Å². The fourth-order valence-electron chi connectivity index (χ4n) is 3.50. The molecule has 6 nitrogen and oxygen atoms in total. The summed E-state index contributed by atoms with van der Waals surface area (Å²) in [5.41, 5.74) is 0.671. The van der Waals surface area contributed by atoms with Gasteiger partial charge < -0.3 is 19.3 Å². The van der Waals surface area contributed by atoms with Crippen molar-refractivity contribution in [2.45, 2.75) is 20.0 Å². The standard InChI is InChI=1S/C24H30N2O4/c1-19(2)15-26(23(27)18-30-21-11-7-4-8-12-21)17-22-16-25(13-14-29-22)24(28)20-9-5-3-6-10-20/h3-12,19,22H,13-18H2,1-2H3. The zero-order chi connectivity index (χ0) is 21.3. The molecule has 3 rings (SSSR count). The highest BCUT2D eigenvalue weighted by Gasteiger charge is 2.28. The van der Waals surface area contributed by atoms with Crippen LogP contribution in [0.4, 0.5) is 0 Å². The van der Waals surface area contributed by atoms with Crippen LogP contribution in [0, 0.1) is 5.92 Å². The lowest BCUT2D eigenvalue weighted by atomic mass is 10.1. The molecule has 0 spiro atoms. The number of amides is 2. The maximum Gasteiger partial charge on any atom is 0.260 e. The summed E-state index contributed by atoms with van der Waals surface area (Å²) in [6, 6.07) is 18.6. The molecular weight excluding hydrogens is 380 g/mol. The Kier molecular flexibility index (Phi) is 7.85. The van der Waals surface area contributed by atoms with Crippen LogP contribution in [0.2, 0.25) is 0 Å². The van der Waals surface area contributed by atoms with Crippen molar-refractivity contribution in [3.8, 4) is 5.75 Å². The zero-order valence-corrected chi connectivity index (χ0v) is 17.7. The average Bonchev–Trinajstić information content (AvgIpc) is 2.77. The van der Waals surface area contributed by atoms with Gasteiger partial charge in [0.2, 0.25) is 0 Å². The van der Waals surface area contributed by atoms with Crippen LogP contribution in [0.15, 0.2) is 60.7 Å². The molecule has 2 aromatic carbocycles. The van der Waals surface area contributed by atoms with Crippen LogP contribution in [-0.4, -0.2) is 67.1 Å². The van der Waals surface area contributed by atoms with Crippen molar-refractivity contribution in [2.75, 3.05) is 39.4 Å². The number of carbonyl (C=O) groups is 2. The Hall–Kier alpha value is -2.86. The fraction of sp³-hybridized carbons (Fsp3) is 0.417. The van der Waals surface area contributed by atoms with E-state index in [0.29, 0.717) is 50.0 Å². The van der Waals surface area contributed by atoms with Crippen molar-refractivity contribution in [2.24, 2.45) is 5.92 Å². The second-order valence-corrected chi connectivity index (χ2v) is 7.90. The van der Waals surface area contributed by atoms with Crippen molar-refractivity contribution >= 4 is 11.8 Å². The highest BCUT2D eigenvalue weighted by atomic mass is 16.5. The molecule has 1 saturated heterocycles. The first kappa shape index (κ1) is 21.8. The van der Waals surface area contributed by atoms with Gasteiger partial charge in [0.1, 0.15) is 5.75 Å². The second kappa shape index (κ2) is 10.8. The number of hydrogen-bond donors (Lipinski definition) is 0. The van der Waals surface area contributed by atoms with Crippen molar-refractivity contribution in [1.82, 2.24) is 9.80 Å². The van der Waals surface area contributed by atoms with Gasteiger partial charge in [-0.3, -0.25) is 9.59 Å². The lowest BCUT2D eigenvalue weighted by Gasteiger charge is -2.36. The minimum absolute atomic E-state index is 0.00181. The molecule has 1 aliphatic rings. The Bertz CT molecular complexity index is 810. The quantitative estimate of drug-likeness (QED) is 0.671. The van der Waals surface area contributed by atoms with Gasteiger partial charge >= 0.3 is 0 Å². The van der Waals surface area contributed by atoms with Gasteiger partial charge in [-0.2, -0.15) is 0 Å². The van der Waals surface area contributed by atoms with Gasteiger partial charge in [-0.1, -0.05) is 50.2 Å². The van der Waals surface area contributed by atoms with Gasteiger partial charge in [0, 0.05) is 31.7 Å². The molecule has 1 unspecified atom stereocenters. The predicted molar refractivity (Wildman–Crippen MR) is 115 cm³/mol. The minimum atomic E-state index is -0.217. The van der Waals surface area contributed by atoms with Crippen molar-refractivity contribution in [3.63, 3.8) is 0 Å². The Labute approximate surface area is 178 Å². The van der Waals surface area contributed by atoms with Gasteiger partial charge in [-0.05, 0) is 30.2 Å². The molecule has 1 aliphatic heterocycles. The highest BCUT2D eigenvalue weighted by molar-refractivity contribution is 5.94. The molecule has 6 heteroatoms. The Morgan fingerprint density at radius 2 is 1.77 bits per heavy atom. The SMILES string of the molecule is CC(C)CN(CC1CN(C(=O)c2ccccc2)CCO1)C(=O)COc1ccccc1. The number of para-hydroxylation sites is 1. The normalized spacial score (nSPS) is 16.4. The molecule has 30 heavy (non-hydrogen) atoms. The van der Waals surface area contributed by atoms with Crippen LogP contribution in [0.25, 0.3) is 0 Å². The topological polar surface area (TPSA) is 59.1 Å². The van der Waals surface area contributed by atoms with E-state index in [2.05, 4.69) is 13.8 Å². The molecule has 0 aliphatic carbocycles. The molecule has 0 radical (unpaired) electrons. The van der Waals surface area contributed by atoms with E-state index in [0.717, 1.165) is 0 Å². The Morgan fingerprint density at radius 3 is 2.43 bits per heavy atom. The zero-order valence-electron chi connectivity index (χ0n) is 17.7. The number of hydrogen-bond acceptors (Lipinski definition) is 4. The summed E-state index contributed by atoms with van der Waals surface area (Å²) in [4.78, 5) is 29.2. The van der Waals surface area contributed by atoms with E-state index in [9.17, 15) is 9.59 Å². The molecule has 1 heterocycles. The van der Waals surface area contributed by atoms with Crippen LogP contribution in [0.3, 0.4) is 0 Å². The maximum atomic E-state index is 12.8. The first-order valence-electron chi connectivity index (χ1n) is 10.4. The van der Waals surface area contributed by atoms with E-state index in [1.165, 1.54) is 0 Å². The Balaban J connectivity index is 1.59. The van der Waals surface area contributed by atoms with Gasteiger partial charge in [-0.15, -0.1) is 0 Å². The second-order valence-electron chi connectivity index (χ2n) is 7.90. The molecule has 0 N–H and O–H groups in total. The highest BCUT2D eigenvalue weighted by Crippen LogP contribution is 2.14. The number of morpholine rings is 1. The predicted octanol–water partition coefficient (Wildman–Crippen LogP) is 3.09. The van der Waals surface area contributed by atoms with E-state index in [1.54, 1.807) is 4.90 Å². The molecule has 2 aromatic rings. The van der Waals surface area contributed by atoms with Gasteiger partial charge in [0.25, 0.3) is 11.8 Å². The maximum absolute atomic E-state index is 12.8. The third kappa shape index (κ3) is 6.32. The minimum Gasteiger partial charge on any atom is -0.484 e. The summed E-state index contributed by atoms with van der Waals surface area (Å²) in [5, 5.41) is 0. The molecule has 2 amide bonds. The van der Waals surface area contributed by atoms with E-state index in [-0.39, 0.29) is 24.5 Å². The summed E-state index contributed by atoms with van der Waals surface area (Å²) in [7, 11) is 0. The van der Waals surface area contributed by atoms with Crippen molar-refractivity contribution in [3.05, 3.63) is 66.2 Å². The van der Waals surface area contributed by atoms with Crippen LogP contribution in [0.1, 0.15) is 24.2 Å². The lowest BCUT2D eigenvalue weighted by Crippen LogP contribution is -2.51. The average molecular weight is 411 g/mol. The molecule has 1 atom stereocenters. The monoisotopic (exact) mass is 410 g/mol. The fourth-order valence-corrected chi connectivity index (χ4v) is 3.50. The molecule has 1 fully saturated rings. The number of rotatable bonds is 8. The number of nitrogens with zero attached hydrogens (tertiary/aromatic N) is 2. The van der Waals surface area contributed by atoms with Crippen molar-refractivity contribution in [1.29, 1.82) is 0 Å². The summed E-state index contributed by atoms with van der Waals surface area (Å²) in [5.74, 6) is 0.904. The lowest BCUT2D eigenvalue weighted by molar-refractivity contribution is -0.137. The van der Waals surface area contributed by atoms with Crippen LogP contribution in [0.5, 0.6) is 5.75 Å². The molecule has 0 aromatic heterocycles. The van der Waals surface area contributed by atoms with Crippen LogP contribution in [-0.2, 0) is 9.53 Å². The van der Waals surface area contributed by atoms with E-state index in [1.807, 2.05) is 65.6 Å². The summed E-state index contributed by atoms with van der Waals surface area (Å²) < 4.78 is 11.5. The molecule has 0 bridgehead atoms. The first-order valence-corrected chi connectivity index (χ1v) is 10.4. The van der Waals surface area contributed by atoms with Crippen molar-refractivity contribution < 1.29 is 19.1 Å². The summed E-state index contributed by atoms with van der Waals surface area (Å²) in [6.45, 7) is 6.67. The number of benzene rings is 2. The third-order valence-corrected chi connectivity index (χ3v) is 4.91. The molecular formula is C24H30N2O4. The smallest absolute Gasteiger partial charge is 0.260 e. The molecule has 160 valence electrons. The van der Waals surface area contributed by atoms with E-state index < -0.39 is 0 Å². The van der Waals surface area contributed by atoms with E-state index >= 15 is 0 Å². The van der Waals surface area contributed by atoms with Gasteiger partial charge in [-0.25, -0.2) is 0 Å². The largest absolute Gasteiger partial charge is 0.484 e.